The lowest BCUT2D eigenvalue weighted by Gasteiger charge is -2.10. The van der Waals surface area contributed by atoms with Gasteiger partial charge in [-0.25, -0.2) is 4.98 Å². The van der Waals surface area contributed by atoms with Crippen molar-refractivity contribution < 1.29 is 4.79 Å². The van der Waals surface area contributed by atoms with Gasteiger partial charge in [-0.3, -0.25) is 4.79 Å². The van der Waals surface area contributed by atoms with Crippen LogP contribution >= 0.6 is 34.3 Å². The highest BCUT2D eigenvalue weighted by molar-refractivity contribution is 7.21. The lowest BCUT2D eigenvalue weighted by molar-refractivity contribution is 0.103. The maximum atomic E-state index is 13.1. The Morgan fingerprint density at radius 3 is 2.90 bits per heavy atom. The van der Waals surface area contributed by atoms with E-state index in [1.54, 1.807) is 17.4 Å². The molecule has 146 valence electrons. The first-order valence-corrected chi connectivity index (χ1v) is 11.5. The lowest BCUT2D eigenvalue weighted by Crippen LogP contribution is -2.13. The van der Waals surface area contributed by atoms with E-state index in [0.717, 1.165) is 46.3 Å². The van der Waals surface area contributed by atoms with Crippen molar-refractivity contribution in [3.05, 3.63) is 62.4 Å². The van der Waals surface area contributed by atoms with Gasteiger partial charge >= 0.3 is 0 Å². The Morgan fingerprint density at radius 1 is 1.24 bits per heavy atom. The highest BCUT2D eigenvalue weighted by atomic mass is 35.5. The number of amides is 1. The number of nitrogens with one attached hydrogen (secondary N) is 1. The molecule has 3 heterocycles. The monoisotopic (exact) mass is 439 g/mol. The number of anilines is 2. The van der Waals surface area contributed by atoms with Gasteiger partial charge < -0.3 is 11.1 Å². The first kappa shape index (κ1) is 18.6. The SMILES string of the molecule is Cc1c(Cl)cccc1NC(=O)c1sc2nc3c(c(-c4cccs4)c2c1N)CCC3. The number of nitrogens with zero attached hydrogens (tertiary/aromatic N) is 1. The zero-order valence-corrected chi connectivity index (χ0v) is 18.1. The van der Waals surface area contributed by atoms with E-state index in [-0.39, 0.29) is 5.91 Å². The van der Waals surface area contributed by atoms with Crippen molar-refractivity contribution >= 4 is 61.8 Å². The second-order valence-corrected chi connectivity index (χ2v) is 9.49. The molecule has 1 amide bonds. The standard InChI is InChI=1S/C22H18ClN3OS2/c1-11-13(23)6-3-7-14(11)25-21(27)20-19(24)18-17(16-9-4-10-28-16)12-5-2-8-15(12)26-22(18)29-20/h3-4,6-7,9-10H,2,5,8,24H2,1H3,(H,25,27). The fraction of sp³-hybridized carbons (Fsp3) is 0.182. The van der Waals surface area contributed by atoms with E-state index in [0.29, 0.717) is 21.3 Å². The van der Waals surface area contributed by atoms with Gasteiger partial charge in [0.05, 0.1) is 5.69 Å². The molecule has 4 nitrogen and oxygen atoms in total. The summed E-state index contributed by atoms with van der Waals surface area (Å²) in [6.45, 7) is 1.88. The van der Waals surface area contributed by atoms with Crippen LogP contribution in [-0.2, 0) is 12.8 Å². The fourth-order valence-electron chi connectivity index (χ4n) is 3.93. The summed E-state index contributed by atoms with van der Waals surface area (Å²) in [5, 5.41) is 6.56. The van der Waals surface area contributed by atoms with Crippen LogP contribution in [0.3, 0.4) is 0 Å². The highest BCUT2D eigenvalue weighted by Gasteiger charge is 2.27. The third-order valence-electron chi connectivity index (χ3n) is 5.39. The Hall–Kier alpha value is -2.41. The molecule has 0 aliphatic heterocycles. The van der Waals surface area contributed by atoms with Crippen molar-refractivity contribution in [3.8, 4) is 10.4 Å². The number of rotatable bonds is 3. The van der Waals surface area contributed by atoms with Crippen LogP contribution in [-0.4, -0.2) is 10.9 Å². The number of halogens is 1. The molecule has 1 aliphatic carbocycles. The predicted molar refractivity (Wildman–Crippen MR) is 124 cm³/mol. The largest absolute Gasteiger partial charge is 0.397 e. The molecule has 1 aromatic carbocycles. The number of hydrogen-bond acceptors (Lipinski definition) is 5. The third kappa shape index (κ3) is 3.03. The number of thiophene rings is 2. The average molecular weight is 440 g/mol. The summed E-state index contributed by atoms with van der Waals surface area (Å²) in [6.07, 6.45) is 3.09. The number of pyridine rings is 1. The van der Waals surface area contributed by atoms with Gasteiger partial charge in [-0.15, -0.1) is 22.7 Å². The van der Waals surface area contributed by atoms with Crippen LogP contribution in [0.1, 0.15) is 32.9 Å². The first-order chi connectivity index (χ1) is 14.0. The Labute approximate surface area is 181 Å². The molecule has 3 aromatic heterocycles. The molecule has 1 aliphatic rings. The van der Waals surface area contributed by atoms with E-state index in [2.05, 4.69) is 16.8 Å². The Morgan fingerprint density at radius 2 is 2.10 bits per heavy atom. The van der Waals surface area contributed by atoms with E-state index in [4.69, 9.17) is 22.3 Å². The van der Waals surface area contributed by atoms with Crippen LogP contribution in [0.2, 0.25) is 5.02 Å². The normalized spacial score (nSPS) is 13.0. The zero-order chi connectivity index (χ0) is 20.1. The summed E-state index contributed by atoms with van der Waals surface area (Å²) >= 11 is 9.25. The van der Waals surface area contributed by atoms with Crippen LogP contribution in [0, 0.1) is 6.92 Å². The van der Waals surface area contributed by atoms with Crippen molar-refractivity contribution in [2.24, 2.45) is 0 Å². The molecule has 5 rings (SSSR count). The number of carbonyl (C=O) groups excluding carboxylic acids is 1. The van der Waals surface area contributed by atoms with Crippen LogP contribution in [0.4, 0.5) is 11.4 Å². The topological polar surface area (TPSA) is 68.0 Å². The van der Waals surface area contributed by atoms with Crippen molar-refractivity contribution in [1.29, 1.82) is 0 Å². The summed E-state index contributed by atoms with van der Waals surface area (Å²) < 4.78 is 0. The summed E-state index contributed by atoms with van der Waals surface area (Å²) in [7, 11) is 0. The summed E-state index contributed by atoms with van der Waals surface area (Å²) in [5.41, 5.74) is 12.2. The maximum Gasteiger partial charge on any atom is 0.267 e. The summed E-state index contributed by atoms with van der Waals surface area (Å²) in [6, 6.07) is 9.63. The molecule has 0 bridgehead atoms. The summed E-state index contributed by atoms with van der Waals surface area (Å²) in [4.78, 5) is 20.4. The second-order valence-electron chi connectivity index (χ2n) is 7.13. The molecule has 0 fully saturated rings. The molecule has 4 aromatic rings. The number of benzene rings is 1. The summed E-state index contributed by atoms with van der Waals surface area (Å²) in [5.74, 6) is -0.229. The van der Waals surface area contributed by atoms with Gasteiger partial charge in [0.2, 0.25) is 0 Å². The van der Waals surface area contributed by atoms with Crippen molar-refractivity contribution in [1.82, 2.24) is 4.98 Å². The number of nitrogen functional groups attached to an aromatic ring is 1. The smallest absolute Gasteiger partial charge is 0.267 e. The van der Waals surface area contributed by atoms with Gasteiger partial charge in [-0.05, 0) is 60.9 Å². The number of nitrogens with two attached hydrogens (primary N) is 1. The Kier molecular flexibility index (Phi) is 4.57. The van der Waals surface area contributed by atoms with Crippen LogP contribution in [0.25, 0.3) is 20.7 Å². The van der Waals surface area contributed by atoms with Crippen LogP contribution in [0.5, 0.6) is 0 Å². The van der Waals surface area contributed by atoms with Crippen molar-refractivity contribution in [3.63, 3.8) is 0 Å². The number of fused-ring (bicyclic) bond motifs is 2. The van der Waals surface area contributed by atoms with E-state index >= 15 is 0 Å². The molecule has 0 unspecified atom stereocenters. The zero-order valence-electron chi connectivity index (χ0n) is 15.7. The minimum Gasteiger partial charge on any atom is -0.397 e. The van der Waals surface area contributed by atoms with Crippen molar-refractivity contribution in [2.75, 3.05) is 11.1 Å². The molecule has 0 saturated heterocycles. The van der Waals surface area contributed by atoms with Gasteiger partial charge in [-0.2, -0.15) is 0 Å². The van der Waals surface area contributed by atoms with Gasteiger partial charge in [0, 0.05) is 32.2 Å². The third-order valence-corrected chi connectivity index (χ3v) is 7.79. The molecular formula is C22H18ClN3OS2. The average Bonchev–Trinajstić information content (AvgIpc) is 3.44. The van der Waals surface area contributed by atoms with Gasteiger partial charge in [0.15, 0.2) is 0 Å². The highest BCUT2D eigenvalue weighted by Crippen LogP contribution is 2.45. The van der Waals surface area contributed by atoms with E-state index in [9.17, 15) is 4.79 Å². The minimum atomic E-state index is -0.229. The molecule has 0 radical (unpaired) electrons. The van der Waals surface area contributed by atoms with E-state index in [1.165, 1.54) is 21.8 Å². The van der Waals surface area contributed by atoms with E-state index in [1.807, 2.05) is 25.1 Å². The molecule has 0 saturated carbocycles. The fourth-order valence-corrected chi connectivity index (χ4v) is 5.93. The molecule has 7 heteroatoms. The number of carbonyl (C=O) groups is 1. The molecule has 3 N–H and O–H groups in total. The second kappa shape index (κ2) is 7.13. The number of aryl methyl sites for hydroxylation is 1. The Balaban J connectivity index is 1.65. The van der Waals surface area contributed by atoms with Gasteiger partial charge in [-0.1, -0.05) is 23.7 Å². The molecule has 0 atom stereocenters. The Bertz CT molecular complexity index is 1260. The predicted octanol–water partition coefficient (Wildman–Crippen LogP) is 6.31. The maximum absolute atomic E-state index is 13.1. The van der Waals surface area contributed by atoms with Gasteiger partial charge in [0.25, 0.3) is 5.91 Å². The number of aromatic nitrogens is 1. The van der Waals surface area contributed by atoms with Crippen molar-refractivity contribution in [2.45, 2.75) is 26.2 Å². The van der Waals surface area contributed by atoms with Crippen LogP contribution in [0.15, 0.2) is 35.7 Å². The lowest BCUT2D eigenvalue weighted by atomic mass is 10.0. The van der Waals surface area contributed by atoms with E-state index < -0.39 is 0 Å². The van der Waals surface area contributed by atoms with Crippen LogP contribution < -0.4 is 11.1 Å². The quantitative estimate of drug-likeness (QED) is 0.393. The molecule has 0 spiro atoms. The molecule has 29 heavy (non-hydrogen) atoms. The number of hydrogen-bond donors (Lipinski definition) is 2. The molecular weight excluding hydrogens is 422 g/mol. The van der Waals surface area contributed by atoms with Gasteiger partial charge in [0.1, 0.15) is 9.71 Å². The minimum absolute atomic E-state index is 0.229. The first-order valence-electron chi connectivity index (χ1n) is 9.38.